The zero-order valence-electron chi connectivity index (χ0n) is 16.2. The maximum Gasteiger partial charge on any atom is 0.243 e. The molecule has 0 aliphatic rings. The summed E-state index contributed by atoms with van der Waals surface area (Å²) < 4.78 is 39.7. The van der Waals surface area contributed by atoms with E-state index in [2.05, 4.69) is 5.32 Å². The summed E-state index contributed by atoms with van der Waals surface area (Å²) in [4.78, 5) is 13.7. The highest BCUT2D eigenvalue weighted by Gasteiger charge is 2.32. The van der Waals surface area contributed by atoms with E-state index in [9.17, 15) is 17.6 Å². The fourth-order valence-corrected chi connectivity index (χ4v) is 4.74. The largest absolute Gasteiger partial charge is 0.353 e. The number of aryl methyl sites for hydroxylation is 1. The van der Waals surface area contributed by atoms with Crippen molar-refractivity contribution in [2.24, 2.45) is 0 Å². The quantitative estimate of drug-likeness (QED) is 0.494. The number of hydrogen-bond acceptors (Lipinski definition) is 4. The van der Waals surface area contributed by atoms with E-state index in [4.69, 9.17) is 0 Å². The number of para-hydroxylation sites is 1. The van der Waals surface area contributed by atoms with E-state index in [0.29, 0.717) is 12.3 Å². The van der Waals surface area contributed by atoms with Crippen LogP contribution in [0.15, 0.2) is 53.4 Å². The Bertz CT molecular complexity index is 902. The Morgan fingerprint density at radius 3 is 2.39 bits per heavy atom. The molecule has 0 aromatic heterocycles. The Hall–Kier alpha value is -2.06. The minimum atomic E-state index is -3.85. The number of hydrogen-bond donors (Lipinski definition) is 1. The number of nitrogens with one attached hydrogen (secondary N) is 1. The fraction of sp³-hybridized carbons (Fsp3) is 0.350. The number of carbonyl (C=O) groups is 1. The van der Waals surface area contributed by atoms with Crippen molar-refractivity contribution in [1.29, 1.82) is 0 Å². The highest BCUT2D eigenvalue weighted by molar-refractivity contribution is 7.99. The van der Waals surface area contributed by atoms with Crippen molar-refractivity contribution >= 4 is 33.4 Å². The molecule has 2 rings (SSSR count). The van der Waals surface area contributed by atoms with Gasteiger partial charge >= 0.3 is 0 Å². The number of amides is 1. The topological polar surface area (TPSA) is 66.5 Å². The molecule has 0 spiro atoms. The molecule has 2 aromatic carbocycles. The SMILES string of the molecule is CCC(C(=O)NCCSc1ccc(C)cc1)N(c1ccccc1F)S(C)(=O)=O. The maximum absolute atomic E-state index is 14.2. The van der Waals surface area contributed by atoms with E-state index >= 15 is 0 Å². The monoisotopic (exact) mass is 424 g/mol. The Morgan fingerprint density at radius 2 is 1.82 bits per heavy atom. The molecule has 1 unspecified atom stereocenters. The van der Waals surface area contributed by atoms with Crippen LogP contribution < -0.4 is 9.62 Å². The number of anilines is 1. The molecule has 0 saturated carbocycles. The van der Waals surface area contributed by atoms with Crippen LogP contribution in [-0.4, -0.2) is 38.9 Å². The number of carbonyl (C=O) groups excluding carboxylic acids is 1. The van der Waals surface area contributed by atoms with Crippen LogP contribution in [0.3, 0.4) is 0 Å². The number of nitrogens with zero attached hydrogens (tertiary/aromatic N) is 1. The Balaban J connectivity index is 2.05. The molecule has 0 saturated heterocycles. The third-order valence-electron chi connectivity index (χ3n) is 4.11. The van der Waals surface area contributed by atoms with Crippen molar-refractivity contribution in [2.45, 2.75) is 31.2 Å². The van der Waals surface area contributed by atoms with Crippen LogP contribution in [0.25, 0.3) is 0 Å². The van der Waals surface area contributed by atoms with Gasteiger partial charge in [0, 0.05) is 17.2 Å². The van der Waals surface area contributed by atoms with Gasteiger partial charge in [-0.3, -0.25) is 9.10 Å². The molecule has 2 aromatic rings. The fourth-order valence-electron chi connectivity index (χ4n) is 2.76. The van der Waals surface area contributed by atoms with Crippen molar-refractivity contribution < 1.29 is 17.6 Å². The zero-order valence-corrected chi connectivity index (χ0v) is 17.8. The average Bonchev–Trinajstić information content (AvgIpc) is 2.64. The summed E-state index contributed by atoms with van der Waals surface area (Å²) in [6.45, 7) is 4.09. The van der Waals surface area contributed by atoms with Gasteiger partial charge in [0.05, 0.1) is 11.9 Å². The number of thioether (sulfide) groups is 1. The van der Waals surface area contributed by atoms with Crippen LogP contribution in [0.4, 0.5) is 10.1 Å². The maximum atomic E-state index is 14.2. The van der Waals surface area contributed by atoms with Crippen LogP contribution >= 0.6 is 11.8 Å². The summed E-state index contributed by atoms with van der Waals surface area (Å²) in [6.07, 6.45) is 1.20. The molecule has 152 valence electrons. The number of rotatable bonds is 9. The van der Waals surface area contributed by atoms with Gasteiger partial charge in [0.15, 0.2) is 0 Å². The molecular weight excluding hydrogens is 399 g/mol. The molecule has 0 fully saturated rings. The predicted octanol–water partition coefficient (Wildman–Crippen LogP) is 3.59. The molecule has 0 heterocycles. The summed E-state index contributed by atoms with van der Waals surface area (Å²) in [5.74, 6) is -0.487. The van der Waals surface area contributed by atoms with Gasteiger partial charge in [-0.1, -0.05) is 36.8 Å². The van der Waals surface area contributed by atoms with Crippen molar-refractivity contribution in [1.82, 2.24) is 5.32 Å². The lowest BCUT2D eigenvalue weighted by molar-refractivity contribution is -0.122. The van der Waals surface area contributed by atoms with Crippen LogP contribution in [0, 0.1) is 12.7 Å². The number of sulfonamides is 1. The smallest absolute Gasteiger partial charge is 0.243 e. The lowest BCUT2D eigenvalue weighted by atomic mass is 10.2. The van der Waals surface area contributed by atoms with Crippen molar-refractivity contribution in [3.05, 3.63) is 59.9 Å². The molecule has 0 aliphatic carbocycles. The Kier molecular flexibility index (Phi) is 7.88. The third-order valence-corrected chi connectivity index (χ3v) is 6.29. The van der Waals surface area contributed by atoms with Crippen molar-refractivity contribution in [2.75, 3.05) is 22.9 Å². The first-order valence-electron chi connectivity index (χ1n) is 8.95. The van der Waals surface area contributed by atoms with E-state index in [0.717, 1.165) is 15.5 Å². The number of benzene rings is 2. The van der Waals surface area contributed by atoms with Crippen LogP contribution in [-0.2, 0) is 14.8 Å². The molecule has 1 amide bonds. The number of halogens is 1. The van der Waals surface area contributed by atoms with E-state index < -0.39 is 27.8 Å². The summed E-state index contributed by atoms with van der Waals surface area (Å²) >= 11 is 1.60. The van der Waals surface area contributed by atoms with Crippen LogP contribution in [0.2, 0.25) is 0 Å². The van der Waals surface area contributed by atoms with E-state index in [1.54, 1.807) is 24.8 Å². The second-order valence-electron chi connectivity index (χ2n) is 6.39. The molecule has 0 bridgehead atoms. The first-order valence-corrected chi connectivity index (χ1v) is 11.8. The van der Waals surface area contributed by atoms with Gasteiger partial charge in [0.25, 0.3) is 0 Å². The Morgan fingerprint density at radius 1 is 1.18 bits per heavy atom. The second kappa shape index (κ2) is 9.93. The average molecular weight is 425 g/mol. The third kappa shape index (κ3) is 5.97. The highest BCUT2D eigenvalue weighted by Crippen LogP contribution is 2.25. The summed E-state index contributed by atoms with van der Waals surface area (Å²) in [7, 11) is -3.85. The van der Waals surface area contributed by atoms with Gasteiger partial charge in [-0.15, -0.1) is 11.8 Å². The molecule has 0 radical (unpaired) electrons. The normalized spacial score (nSPS) is 12.4. The summed E-state index contributed by atoms with van der Waals surface area (Å²) in [6, 6.07) is 12.6. The lowest BCUT2D eigenvalue weighted by Crippen LogP contribution is -2.50. The second-order valence-corrected chi connectivity index (χ2v) is 9.41. The lowest BCUT2D eigenvalue weighted by Gasteiger charge is -2.30. The van der Waals surface area contributed by atoms with Crippen molar-refractivity contribution in [3.8, 4) is 0 Å². The molecule has 5 nitrogen and oxygen atoms in total. The minimum absolute atomic E-state index is 0.124. The standard InChI is InChI=1S/C20H25FN2O3S2/c1-4-18(23(28(3,25)26)19-8-6-5-7-17(19)21)20(24)22-13-14-27-16-11-9-15(2)10-12-16/h5-12,18H,4,13-14H2,1-3H3,(H,22,24). The van der Waals surface area contributed by atoms with Gasteiger partial charge in [0.1, 0.15) is 11.9 Å². The summed E-state index contributed by atoms with van der Waals surface area (Å²) in [5.41, 5.74) is 1.05. The van der Waals surface area contributed by atoms with E-state index in [-0.39, 0.29) is 12.1 Å². The van der Waals surface area contributed by atoms with E-state index in [1.807, 2.05) is 31.2 Å². The molecule has 0 aliphatic heterocycles. The van der Waals surface area contributed by atoms with Gasteiger partial charge in [-0.05, 0) is 37.6 Å². The van der Waals surface area contributed by atoms with Crippen LogP contribution in [0.1, 0.15) is 18.9 Å². The minimum Gasteiger partial charge on any atom is -0.353 e. The highest BCUT2D eigenvalue weighted by atomic mass is 32.2. The molecular formula is C20H25FN2O3S2. The molecule has 1 atom stereocenters. The first kappa shape index (κ1) is 22.2. The first-order chi connectivity index (χ1) is 13.2. The van der Waals surface area contributed by atoms with Gasteiger partial charge < -0.3 is 5.32 Å². The Labute approximate surface area is 170 Å². The van der Waals surface area contributed by atoms with E-state index in [1.165, 1.54) is 23.8 Å². The zero-order chi connectivity index (χ0) is 20.7. The van der Waals surface area contributed by atoms with Gasteiger partial charge in [-0.2, -0.15) is 0 Å². The van der Waals surface area contributed by atoms with Gasteiger partial charge in [0.2, 0.25) is 15.9 Å². The van der Waals surface area contributed by atoms with Crippen molar-refractivity contribution in [3.63, 3.8) is 0 Å². The van der Waals surface area contributed by atoms with Gasteiger partial charge in [-0.25, -0.2) is 12.8 Å². The predicted molar refractivity (Wildman–Crippen MR) is 113 cm³/mol. The molecule has 1 N–H and O–H groups in total. The van der Waals surface area contributed by atoms with Crippen LogP contribution in [0.5, 0.6) is 0 Å². The summed E-state index contributed by atoms with van der Waals surface area (Å²) in [5, 5.41) is 2.77. The molecule has 28 heavy (non-hydrogen) atoms. The molecule has 8 heteroatoms.